The van der Waals surface area contributed by atoms with Crippen molar-refractivity contribution in [1.82, 2.24) is 0 Å². The Morgan fingerprint density at radius 1 is 0.160 bits per heavy atom. The molecule has 0 radical (unpaired) electrons. The van der Waals surface area contributed by atoms with Crippen LogP contribution in [-0.2, 0) is 0 Å². The summed E-state index contributed by atoms with van der Waals surface area (Å²) in [5.74, 6) is 17.0. The second-order valence-corrected chi connectivity index (χ2v) is 24.7. The summed E-state index contributed by atoms with van der Waals surface area (Å²) >= 11 is 0. The Balaban J connectivity index is 0.516. The third-order valence-electron chi connectivity index (χ3n) is 17.0. The van der Waals surface area contributed by atoms with Gasteiger partial charge >= 0.3 is 0 Å². The molecule has 0 amide bonds. The lowest BCUT2D eigenvalue weighted by molar-refractivity contribution is 0.432. The first-order chi connectivity index (χ1) is 52.1. The maximum absolute atomic E-state index is 6.19. The van der Waals surface area contributed by atoms with Gasteiger partial charge in [0.05, 0.1) is 42.1 Å². The van der Waals surface area contributed by atoms with Crippen molar-refractivity contribution in [1.29, 1.82) is 0 Å². The Labute approximate surface area is 617 Å². The van der Waals surface area contributed by atoms with Crippen molar-refractivity contribution in [3.63, 3.8) is 0 Å². The first-order valence-electron chi connectivity index (χ1n) is 35.2. The Bertz CT molecular complexity index is 4960. The standard InChI is InChI=1S/C94H82O12/c1-68(85-56-46-75(97-85)34-20-8-6-18-32-73-44-30-66-95-73)87-58-48-77(99-87)36-22-10-12-24-38-79-50-60-89(101-79)70(3)91-62-52-81(103-91)40-26-14-16-28-42-83-54-64-93(105-83)72(5)94-65-55-84(106-94)43-29-17-15-27-41-82-53-63-92(104-82)71(4)90-61-51-80(102-90)39-25-13-11-23-37-78-49-59-88(100-78)69(2)86-57-47-76(98-86)35-21-9-7-19-33-74-45-31-67-96-74/h6-72H,1-5H3/b8-6+,9-7+,12-10+,13-11+,16-14+,17-15+,32-18+,33-19+,34-20+,35-21+,36-22+,37-23+,38-24+,39-25+,40-26+,41-27+,42-28+,43-29+. The predicted molar refractivity (Wildman–Crippen MR) is 425 cm³/mol. The van der Waals surface area contributed by atoms with E-state index in [4.69, 9.17) is 53.0 Å². The van der Waals surface area contributed by atoms with Crippen molar-refractivity contribution < 1.29 is 53.0 Å². The Morgan fingerprint density at radius 3 is 0.415 bits per heavy atom. The fourth-order valence-electron chi connectivity index (χ4n) is 11.0. The summed E-state index contributed by atoms with van der Waals surface area (Å²) in [5, 5.41) is 0. The molecule has 106 heavy (non-hydrogen) atoms. The van der Waals surface area contributed by atoms with Crippen LogP contribution in [0.4, 0.5) is 0 Å². The molecule has 0 aliphatic heterocycles. The van der Waals surface area contributed by atoms with Crippen LogP contribution < -0.4 is 0 Å². The molecule has 0 saturated carbocycles. The molecule has 4 atom stereocenters. The molecule has 0 bridgehead atoms. The maximum atomic E-state index is 6.19. The van der Waals surface area contributed by atoms with Gasteiger partial charge in [-0.05, 0) is 253 Å². The molecule has 12 heteroatoms. The minimum atomic E-state index is -0.0750. The van der Waals surface area contributed by atoms with E-state index in [2.05, 4.69) is 34.6 Å². The van der Waals surface area contributed by atoms with Crippen molar-refractivity contribution >= 4 is 72.9 Å². The summed E-state index contributed by atoms with van der Waals surface area (Å²) in [6.45, 7) is 10.3. The van der Waals surface area contributed by atoms with E-state index < -0.39 is 0 Å². The molecule has 12 rings (SSSR count). The highest BCUT2D eigenvalue weighted by Crippen LogP contribution is 2.34. The lowest BCUT2D eigenvalue weighted by Crippen LogP contribution is -1.91. The molecular formula is C94H82O12. The molecule has 0 fully saturated rings. The van der Waals surface area contributed by atoms with E-state index in [0.29, 0.717) is 0 Å². The van der Waals surface area contributed by atoms with Gasteiger partial charge in [-0.3, -0.25) is 0 Å². The lowest BCUT2D eigenvalue weighted by atomic mass is 10.1. The summed E-state index contributed by atoms with van der Waals surface area (Å²) in [7, 11) is 0. The van der Waals surface area contributed by atoms with E-state index in [9.17, 15) is 0 Å². The van der Waals surface area contributed by atoms with E-state index in [0.717, 1.165) is 127 Å². The van der Waals surface area contributed by atoms with Crippen molar-refractivity contribution in [2.75, 3.05) is 0 Å². The number of furan rings is 12. The van der Waals surface area contributed by atoms with Crippen LogP contribution in [0.5, 0.6) is 0 Å². The summed E-state index contributed by atoms with van der Waals surface area (Å²) in [6.07, 6.45) is 73.0. The molecule has 4 unspecified atom stereocenters. The number of hydrogen-bond acceptors (Lipinski definition) is 12. The SMILES string of the molecule is CC(c1ccc(/C=C/C=C/C=C/c2ccco2)o1)c1ccc(/C=C/C=C/C=C/c2ccc(C(C)c3ccc(/C=C/C=C/C=C/c4ccc(C(C)c5ccc(/C=C/C=C/C=C/c6ccc(C(C)c7ccc(/C=C/C=C/C=C/c8ccc(C(C)c9ccc(/C=C/C=C/C=C/c%10ccco%10)o9)o8)o7)o6)o5)o4)o3)o2)o1. The van der Waals surface area contributed by atoms with Gasteiger partial charge in [-0.15, -0.1) is 0 Å². The van der Waals surface area contributed by atoms with Crippen LogP contribution in [0.25, 0.3) is 72.9 Å². The molecule has 12 heterocycles. The Kier molecular flexibility index (Phi) is 25.7. The van der Waals surface area contributed by atoms with E-state index in [1.807, 2.05) is 364 Å². The molecule has 0 N–H and O–H groups in total. The minimum absolute atomic E-state index is 0.0390. The zero-order valence-corrected chi connectivity index (χ0v) is 59.6. The zero-order chi connectivity index (χ0) is 72.9. The molecular weight excluding hydrogens is 1320 g/mol. The van der Waals surface area contributed by atoms with Gasteiger partial charge in [-0.25, -0.2) is 0 Å². The van der Waals surface area contributed by atoms with E-state index in [1.165, 1.54) is 0 Å². The third-order valence-corrected chi connectivity index (χ3v) is 17.0. The van der Waals surface area contributed by atoms with Crippen molar-refractivity contribution in [3.8, 4) is 0 Å². The molecule has 12 aromatic heterocycles. The van der Waals surface area contributed by atoms with Gasteiger partial charge in [0.25, 0.3) is 0 Å². The largest absolute Gasteiger partial charge is 0.465 e. The van der Waals surface area contributed by atoms with Gasteiger partial charge in [0.2, 0.25) is 0 Å². The van der Waals surface area contributed by atoms with Gasteiger partial charge in [0, 0.05) is 0 Å². The highest BCUT2D eigenvalue weighted by atomic mass is 16.4. The van der Waals surface area contributed by atoms with Gasteiger partial charge in [0.15, 0.2) is 0 Å². The average molecular weight is 1400 g/mol. The highest BCUT2D eigenvalue weighted by Gasteiger charge is 2.21. The van der Waals surface area contributed by atoms with Gasteiger partial charge < -0.3 is 53.0 Å². The fraction of sp³-hybridized carbons (Fsp3) is 0.106. The molecule has 0 spiro atoms. The van der Waals surface area contributed by atoms with Crippen molar-refractivity contribution in [2.24, 2.45) is 0 Å². The molecule has 0 aliphatic carbocycles. The first-order valence-corrected chi connectivity index (χ1v) is 35.2. The van der Waals surface area contributed by atoms with Gasteiger partial charge in [-0.1, -0.05) is 146 Å². The van der Waals surface area contributed by atoms with E-state index in [-0.39, 0.29) is 29.6 Å². The molecule has 12 aromatic rings. The summed E-state index contributed by atoms with van der Waals surface area (Å²) in [4.78, 5) is 0. The minimum Gasteiger partial charge on any atom is -0.465 e. The van der Waals surface area contributed by atoms with Gasteiger partial charge in [0.1, 0.15) is 127 Å². The monoisotopic (exact) mass is 1400 g/mol. The zero-order valence-electron chi connectivity index (χ0n) is 59.6. The Morgan fingerprint density at radius 2 is 0.292 bits per heavy atom. The fourth-order valence-corrected chi connectivity index (χ4v) is 11.0. The maximum Gasteiger partial charge on any atom is 0.127 e. The molecule has 0 saturated heterocycles. The van der Waals surface area contributed by atoms with Crippen LogP contribution in [0.2, 0.25) is 0 Å². The van der Waals surface area contributed by atoms with Crippen molar-refractivity contribution in [3.05, 3.63) is 431 Å². The van der Waals surface area contributed by atoms with Crippen LogP contribution in [0.15, 0.2) is 357 Å². The third kappa shape index (κ3) is 21.4. The second kappa shape index (κ2) is 37.6. The molecule has 12 nitrogen and oxygen atoms in total. The summed E-state index contributed by atoms with van der Waals surface area (Å²) < 4.78 is 72.1. The van der Waals surface area contributed by atoms with Crippen LogP contribution in [0.3, 0.4) is 0 Å². The number of allylic oxidation sites excluding steroid dienone is 24. The number of rotatable bonds is 34. The van der Waals surface area contributed by atoms with Gasteiger partial charge in [-0.2, -0.15) is 0 Å². The van der Waals surface area contributed by atoms with Crippen molar-refractivity contribution in [2.45, 2.75) is 64.2 Å². The molecule has 0 aliphatic rings. The molecule has 0 aromatic carbocycles. The average Bonchev–Trinajstić information content (AvgIpc) is 1.73. The Hall–Kier alpha value is -13.3. The normalized spacial score (nSPS) is 14.7. The highest BCUT2D eigenvalue weighted by molar-refractivity contribution is 5.56. The lowest BCUT2D eigenvalue weighted by Gasteiger charge is -2.04. The molecule has 530 valence electrons. The van der Waals surface area contributed by atoms with E-state index >= 15 is 0 Å². The quantitative estimate of drug-likeness (QED) is 0.0352. The predicted octanol–water partition coefficient (Wildman–Crippen LogP) is 27.3. The van der Waals surface area contributed by atoms with Crippen LogP contribution in [0, 0.1) is 0 Å². The number of hydrogen-bond donors (Lipinski definition) is 0. The first kappa shape index (κ1) is 72.5. The summed E-state index contributed by atoms with van der Waals surface area (Å²) in [6, 6.07) is 46.9. The summed E-state index contributed by atoms with van der Waals surface area (Å²) in [5.41, 5.74) is 0. The van der Waals surface area contributed by atoms with Crippen LogP contribution in [-0.4, -0.2) is 0 Å². The topological polar surface area (TPSA) is 158 Å². The van der Waals surface area contributed by atoms with Crippen LogP contribution >= 0.6 is 0 Å². The van der Waals surface area contributed by atoms with E-state index in [1.54, 1.807) is 12.5 Å². The van der Waals surface area contributed by atoms with Crippen LogP contribution in [0.1, 0.15) is 191 Å². The second-order valence-electron chi connectivity index (χ2n) is 24.7. The smallest absolute Gasteiger partial charge is 0.127 e.